The molecular formula is C4H4NO. The zero-order chi connectivity index (χ0) is 4.41. The van der Waals surface area contributed by atoms with Crippen molar-refractivity contribution in [2.75, 3.05) is 0 Å². The molecule has 6 heavy (non-hydrogen) atoms. The van der Waals surface area contributed by atoms with Gasteiger partial charge in [0.05, 0.1) is 6.20 Å². The Bertz CT molecular complexity index is 111. The summed E-state index contributed by atoms with van der Waals surface area (Å²) < 4.78 is 4.61. The van der Waals surface area contributed by atoms with E-state index >= 15 is 0 Å². The lowest BCUT2D eigenvalue weighted by molar-refractivity contribution is 0.537. The van der Waals surface area contributed by atoms with Crippen molar-refractivity contribution >= 4 is 0 Å². The highest BCUT2D eigenvalue weighted by Crippen LogP contribution is 1.86. The van der Waals surface area contributed by atoms with Crippen LogP contribution in [0.1, 0.15) is 5.89 Å². The highest BCUT2D eigenvalue weighted by atomic mass is 16.3. The minimum Gasteiger partial charge on any atom is -0.449 e. The number of oxazole rings is 1. The van der Waals surface area contributed by atoms with Crippen LogP contribution in [0.3, 0.4) is 0 Å². The fraction of sp³-hybridized carbons (Fsp3) is 0. The SMILES string of the molecule is [CH2]c1ncco1. The van der Waals surface area contributed by atoms with Gasteiger partial charge in [-0.05, 0) is 0 Å². The van der Waals surface area contributed by atoms with Gasteiger partial charge in [-0.3, -0.25) is 0 Å². The summed E-state index contributed by atoms with van der Waals surface area (Å²) in [4.78, 5) is 3.64. The first-order valence-electron chi connectivity index (χ1n) is 1.61. The number of nitrogens with zero attached hydrogens (tertiary/aromatic N) is 1. The van der Waals surface area contributed by atoms with E-state index in [-0.39, 0.29) is 0 Å². The summed E-state index contributed by atoms with van der Waals surface area (Å²) in [6.07, 6.45) is 3.05. The molecule has 0 spiro atoms. The van der Waals surface area contributed by atoms with Crippen LogP contribution in [-0.4, -0.2) is 4.98 Å². The Kier molecular flexibility index (Phi) is 0.638. The molecular weight excluding hydrogens is 78.0 g/mol. The molecule has 1 radical (unpaired) electrons. The number of hydrogen-bond acceptors (Lipinski definition) is 2. The van der Waals surface area contributed by atoms with Crippen molar-refractivity contribution < 1.29 is 4.42 Å². The van der Waals surface area contributed by atoms with Gasteiger partial charge < -0.3 is 4.42 Å². The summed E-state index contributed by atoms with van der Waals surface area (Å²) in [6.45, 7) is 3.40. The average molecular weight is 82.1 g/mol. The molecule has 2 heteroatoms. The standard InChI is InChI=1S/C4H4NO/c1-4-5-2-3-6-4/h2-3H,1H2. The Morgan fingerprint density at radius 1 is 1.83 bits per heavy atom. The smallest absolute Gasteiger partial charge is 0.194 e. The van der Waals surface area contributed by atoms with E-state index in [9.17, 15) is 0 Å². The predicted molar refractivity (Wildman–Crippen MR) is 21.0 cm³/mol. The van der Waals surface area contributed by atoms with Gasteiger partial charge in [-0.2, -0.15) is 0 Å². The summed E-state index contributed by atoms with van der Waals surface area (Å²) in [5, 5.41) is 0. The van der Waals surface area contributed by atoms with E-state index in [0.717, 1.165) is 0 Å². The maximum atomic E-state index is 4.61. The van der Waals surface area contributed by atoms with Gasteiger partial charge in [0.1, 0.15) is 6.26 Å². The Balaban J connectivity index is 3.05. The molecule has 0 saturated heterocycles. The van der Waals surface area contributed by atoms with Gasteiger partial charge in [-0.25, -0.2) is 4.98 Å². The predicted octanol–water partition coefficient (Wildman–Crippen LogP) is 0.857. The third kappa shape index (κ3) is 0.407. The molecule has 1 heterocycles. The van der Waals surface area contributed by atoms with E-state index in [1.807, 2.05) is 0 Å². The lowest BCUT2D eigenvalue weighted by Crippen LogP contribution is -1.59. The van der Waals surface area contributed by atoms with E-state index in [1.54, 1.807) is 6.20 Å². The number of aromatic nitrogens is 1. The van der Waals surface area contributed by atoms with Crippen LogP contribution in [0, 0.1) is 6.92 Å². The lowest BCUT2D eigenvalue weighted by Gasteiger charge is -1.66. The fourth-order valence-electron chi connectivity index (χ4n) is 0.253. The van der Waals surface area contributed by atoms with Crippen LogP contribution in [0.2, 0.25) is 0 Å². The Hall–Kier alpha value is -0.790. The molecule has 1 rings (SSSR count). The normalized spacial score (nSPS) is 8.83. The third-order valence-electron chi connectivity index (χ3n) is 0.483. The lowest BCUT2D eigenvalue weighted by atomic mass is 10.8. The van der Waals surface area contributed by atoms with Crippen molar-refractivity contribution in [1.82, 2.24) is 4.98 Å². The van der Waals surface area contributed by atoms with Gasteiger partial charge in [0, 0.05) is 6.92 Å². The van der Waals surface area contributed by atoms with Crippen LogP contribution in [0.25, 0.3) is 0 Å². The monoisotopic (exact) mass is 82.0 g/mol. The zero-order valence-corrected chi connectivity index (χ0v) is 3.22. The van der Waals surface area contributed by atoms with E-state index < -0.39 is 0 Å². The molecule has 0 aliphatic carbocycles. The molecule has 0 aliphatic heterocycles. The quantitative estimate of drug-likeness (QED) is 0.464. The van der Waals surface area contributed by atoms with Crippen LogP contribution in [0.4, 0.5) is 0 Å². The molecule has 0 fully saturated rings. The molecule has 0 N–H and O–H groups in total. The van der Waals surface area contributed by atoms with Crippen molar-refractivity contribution in [3.8, 4) is 0 Å². The first-order valence-corrected chi connectivity index (χ1v) is 1.61. The third-order valence-corrected chi connectivity index (χ3v) is 0.483. The Morgan fingerprint density at radius 3 is 2.83 bits per heavy atom. The van der Waals surface area contributed by atoms with Gasteiger partial charge in [-0.15, -0.1) is 0 Å². The van der Waals surface area contributed by atoms with Crippen LogP contribution >= 0.6 is 0 Å². The van der Waals surface area contributed by atoms with Crippen molar-refractivity contribution in [2.24, 2.45) is 0 Å². The average Bonchev–Trinajstić information content (AvgIpc) is 1.86. The van der Waals surface area contributed by atoms with Crippen molar-refractivity contribution in [1.29, 1.82) is 0 Å². The molecule has 0 unspecified atom stereocenters. The molecule has 0 amide bonds. The second-order valence-corrected chi connectivity index (χ2v) is 0.926. The van der Waals surface area contributed by atoms with Crippen LogP contribution in [0.5, 0.6) is 0 Å². The molecule has 0 saturated carbocycles. The fourth-order valence-corrected chi connectivity index (χ4v) is 0.253. The maximum absolute atomic E-state index is 4.61. The zero-order valence-electron chi connectivity index (χ0n) is 3.22. The Labute approximate surface area is 35.8 Å². The van der Waals surface area contributed by atoms with E-state index in [1.165, 1.54) is 6.26 Å². The molecule has 1 aromatic rings. The Morgan fingerprint density at radius 2 is 2.67 bits per heavy atom. The summed E-state index contributed by atoms with van der Waals surface area (Å²) in [6, 6.07) is 0. The van der Waals surface area contributed by atoms with Crippen LogP contribution in [-0.2, 0) is 0 Å². The molecule has 0 bridgehead atoms. The molecule has 2 nitrogen and oxygen atoms in total. The first-order chi connectivity index (χ1) is 2.89. The van der Waals surface area contributed by atoms with E-state index in [0.29, 0.717) is 5.89 Å². The number of hydrogen-bond donors (Lipinski definition) is 0. The molecule has 31 valence electrons. The first kappa shape index (κ1) is 3.40. The van der Waals surface area contributed by atoms with E-state index in [2.05, 4.69) is 16.3 Å². The second kappa shape index (κ2) is 1.12. The van der Waals surface area contributed by atoms with Crippen LogP contribution in [0.15, 0.2) is 16.9 Å². The summed E-state index contributed by atoms with van der Waals surface area (Å²) >= 11 is 0. The summed E-state index contributed by atoms with van der Waals surface area (Å²) in [5.74, 6) is 0.468. The van der Waals surface area contributed by atoms with Gasteiger partial charge in [0.2, 0.25) is 0 Å². The second-order valence-electron chi connectivity index (χ2n) is 0.926. The maximum Gasteiger partial charge on any atom is 0.194 e. The summed E-state index contributed by atoms with van der Waals surface area (Å²) in [5.41, 5.74) is 0. The highest BCUT2D eigenvalue weighted by Gasteiger charge is 1.77. The highest BCUT2D eigenvalue weighted by molar-refractivity contribution is 4.81. The largest absolute Gasteiger partial charge is 0.449 e. The van der Waals surface area contributed by atoms with Crippen molar-refractivity contribution in [2.45, 2.75) is 0 Å². The molecule has 0 atom stereocenters. The van der Waals surface area contributed by atoms with Crippen molar-refractivity contribution in [3.05, 3.63) is 25.3 Å². The van der Waals surface area contributed by atoms with E-state index in [4.69, 9.17) is 0 Å². The van der Waals surface area contributed by atoms with Gasteiger partial charge in [-0.1, -0.05) is 0 Å². The van der Waals surface area contributed by atoms with Crippen molar-refractivity contribution in [3.63, 3.8) is 0 Å². The van der Waals surface area contributed by atoms with Gasteiger partial charge in [0.15, 0.2) is 5.89 Å². The van der Waals surface area contributed by atoms with Crippen LogP contribution < -0.4 is 0 Å². The molecule has 0 aromatic carbocycles. The number of rotatable bonds is 0. The van der Waals surface area contributed by atoms with Gasteiger partial charge in [0.25, 0.3) is 0 Å². The van der Waals surface area contributed by atoms with Gasteiger partial charge >= 0.3 is 0 Å². The molecule has 0 aliphatic rings. The topological polar surface area (TPSA) is 26.0 Å². The minimum atomic E-state index is 0.468. The summed E-state index contributed by atoms with van der Waals surface area (Å²) in [7, 11) is 0. The minimum absolute atomic E-state index is 0.468. The molecule has 1 aromatic heterocycles.